The number of benzene rings is 2. The van der Waals surface area contributed by atoms with E-state index in [1.54, 1.807) is 0 Å². The van der Waals surface area contributed by atoms with E-state index in [1.807, 2.05) is 18.2 Å². The van der Waals surface area contributed by atoms with Crippen molar-refractivity contribution in [1.82, 2.24) is 15.1 Å². The van der Waals surface area contributed by atoms with E-state index in [9.17, 15) is 14.7 Å². The van der Waals surface area contributed by atoms with Crippen LogP contribution < -0.4 is 5.32 Å². The summed E-state index contributed by atoms with van der Waals surface area (Å²) < 4.78 is 0. The number of carbonyl (C=O) groups excluding carboxylic acids is 1. The number of amides is 2. The first-order valence-corrected chi connectivity index (χ1v) is 10.1. The van der Waals surface area contributed by atoms with E-state index in [4.69, 9.17) is 0 Å². The van der Waals surface area contributed by atoms with Crippen LogP contribution in [0.1, 0.15) is 18.4 Å². The zero-order valence-electron chi connectivity index (χ0n) is 16.9. The van der Waals surface area contributed by atoms with Crippen LogP contribution in [-0.4, -0.2) is 66.2 Å². The molecule has 6 nitrogen and oxygen atoms in total. The molecular weight excluding hydrogens is 366 g/mol. The Bertz CT molecular complexity index is 800. The van der Waals surface area contributed by atoms with Crippen molar-refractivity contribution in [2.45, 2.75) is 25.3 Å². The van der Waals surface area contributed by atoms with Gasteiger partial charge in [-0.25, -0.2) is 4.79 Å². The van der Waals surface area contributed by atoms with E-state index in [0.29, 0.717) is 0 Å². The first-order chi connectivity index (χ1) is 14.1. The third kappa shape index (κ3) is 5.81. The van der Waals surface area contributed by atoms with Crippen LogP contribution in [0.15, 0.2) is 54.6 Å². The Morgan fingerprint density at radius 1 is 1.03 bits per heavy atom. The van der Waals surface area contributed by atoms with E-state index < -0.39 is 6.09 Å². The third-order valence-electron chi connectivity index (χ3n) is 5.61. The highest BCUT2D eigenvalue weighted by Crippen LogP contribution is 2.20. The van der Waals surface area contributed by atoms with E-state index in [-0.39, 0.29) is 18.5 Å². The van der Waals surface area contributed by atoms with Gasteiger partial charge in [0.05, 0.1) is 0 Å². The molecular formula is C23H29N3O3. The molecule has 1 aliphatic heterocycles. The number of carbonyl (C=O) groups is 2. The molecule has 0 radical (unpaired) electrons. The standard InChI is InChI=1S/C23H29N3O3/c1-24-22(27)17-26(23(28)29)21-12-15-25(16-13-21)14-11-18-7-9-20(10-8-18)19-5-3-2-4-6-19/h2-10,21H,11-17H2,1H3,(H,24,27)(H,28,29). The maximum absolute atomic E-state index is 11.6. The zero-order valence-corrected chi connectivity index (χ0v) is 16.9. The Labute approximate surface area is 172 Å². The predicted octanol–water partition coefficient (Wildman–Crippen LogP) is 3.09. The van der Waals surface area contributed by atoms with Gasteiger partial charge in [0.1, 0.15) is 6.54 Å². The largest absolute Gasteiger partial charge is 0.465 e. The molecule has 3 rings (SSSR count). The average Bonchev–Trinajstić information content (AvgIpc) is 2.77. The Hall–Kier alpha value is -2.86. The van der Waals surface area contributed by atoms with Crippen LogP contribution in [0.25, 0.3) is 11.1 Å². The molecule has 1 saturated heterocycles. The number of carboxylic acid groups (broad SMARTS) is 1. The molecule has 0 unspecified atom stereocenters. The fraction of sp³-hybridized carbons (Fsp3) is 0.391. The van der Waals surface area contributed by atoms with Crippen LogP contribution in [0, 0.1) is 0 Å². The van der Waals surface area contributed by atoms with Crippen molar-refractivity contribution in [3.63, 3.8) is 0 Å². The van der Waals surface area contributed by atoms with Crippen LogP contribution in [-0.2, 0) is 11.2 Å². The van der Waals surface area contributed by atoms with Crippen molar-refractivity contribution in [2.75, 3.05) is 33.2 Å². The summed E-state index contributed by atoms with van der Waals surface area (Å²) in [5, 5.41) is 11.9. The first kappa shape index (κ1) is 20.9. The van der Waals surface area contributed by atoms with Crippen molar-refractivity contribution in [3.05, 3.63) is 60.2 Å². The van der Waals surface area contributed by atoms with Gasteiger partial charge in [-0.2, -0.15) is 0 Å². The summed E-state index contributed by atoms with van der Waals surface area (Å²) in [6.07, 6.45) is 1.47. The highest BCUT2D eigenvalue weighted by Gasteiger charge is 2.28. The average molecular weight is 396 g/mol. The Balaban J connectivity index is 1.47. The third-order valence-corrected chi connectivity index (χ3v) is 5.61. The van der Waals surface area contributed by atoms with Crippen molar-refractivity contribution in [3.8, 4) is 11.1 Å². The molecule has 0 atom stereocenters. The van der Waals surface area contributed by atoms with Gasteiger partial charge in [-0.3, -0.25) is 9.69 Å². The highest BCUT2D eigenvalue weighted by atomic mass is 16.4. The number of hydrogen-bond acceptors (Lipinski definition) is 3. The summed E-state index contributed by atoms with van der Waals surface area (Å²) in [7, 11) is 1.53. The van der Waals surface area contributed by atoms with Crippen LogP contribution in [0.3, 0.4) is 0 Å². The Morgan fingerprint density at radius 3 is 2.24 bits per heavy atom. The molecule has 0 aromatic heterocycles. The van der Waals surface area contributed by atoms with Crippen molar-refractivity contribution < 1.29 is 14.7 Å². The van der Waals surface area contributed by atoms with Crippen molar-refractivity contribution >= 4 is 12.0 Å². The SMILES string of the molecule is CNC(=O)CN(C(=O)O)C1CCN(CCc2ccc(-c3ccccc3)cc2)CC1. The normalized spacial score (nSPS) is 15.1. The predicted molar refractivity (Wildman–Crippen MR) is 114 cm³/mol. The summed E-state index contributed by atoms with van der Waals surface area (Å²) >= 11 is 0. The minimum Gasteiger partial charge on any atom is -0.465 e. The molecule has 6 heteroatoms. The van der Waals surface area contributed by atoms with Gasteiger partial charge >= 0.3 is 6.09 Å². The summed E-state index contributed by atoms with van der Waals surface area (Å²) in [5.74, 6) is -0.270. The van der Waals surface area contributed by atoms with Gasteiger partial charge in [0.2, 0.25) is 5.91 Å². The molecule has 0 bridgehead atoms. The van der Waals surface area contributed by atoms with E-state index >= 15 is 0 Å². The second-order valence-electron chi connectivity index (χ2n) is 7.47. The molecule has 0 saturated carbocycles. The minimum atomic E-state index is -1.02. The zero-order chi connectivity index (χ0) is 20.6. The number of rotatable bonds is 7. The van der Waals surface area contributed by atoms with Gasteiger partial charge in [0, 0.05) is 32.7 Å². The molecule has 0 aliphatic carbocycles. The van der Waals surface area contributed by atoms with Crippen LogP contribution in [0.4, 0.5) is 4.79 Å². The van der Waals surface area contributed by atoms with Gasteiger partial charge in [0.25, 0.3) is 0 Å². The number of piperidine rings is 1. The second kappa shape index (κ2) is 10.1. The molecule has 2 aromatic carbocycles. The number of likely N-dealkylation sites (N-methyl/N-ethyl adjacent to an activating group) is 1. The number of hydrogen-bond donors (Lipinski definition) is 2. The van der Waals surface area contributed by atoms with E-state index in [1.165, 1.54) is 28.6 Å². The lowest BCUT2D eigenvalue weighted by atomic mass is 10.0. The highest BCUT2D eigenvalue weighted by molar-refractivity contribution is 5.81. The van der Waals surface area contributed by atoms with E-state index in [0.717, 1.165) is 38.9 Å². The second-order valence-corrected chi connectivity index (χ2v) is 7.47. The van der Waals surface area contributed by atoms with Gasteiger partial charge in [0.15, 0.2) is 0 Å². The molecule has 29 heavy (non-hydrogen) atoms. The van der Waals surface area contributed by atoms with Crippen LogP contribution in [0.2, 0.25) is 0 Å². The summed E-state index contributed by atoms with van der Waals surface area (Å²) in [6, 6.07) is 19.0. The lowest BCUT2D eigenvalue weighted by molar-refractivity contribution is -0.122. The number of likely N-dealkylation sites (tertiary alicyclic amines) is 1. The fourth-order valence-electron chi connectivity index (χ4n) is 3.82. The molecule has 2 N–H and O–H groups in total. The molecule has 1 aliphatic rings. The topological polar surface area (TPSA) is 72.9 Å². The maximum Gasteiger partial charge on any atom is 0.408 e. The molecule has 1 fully saturated rings. The monoisotopic (exact) mass is 395 g/mol. The maximum atomic E-state index is 11.6. The van der Waals surface area contributed by atoms with Crippen molar-refractivity contribution in [2.24, 2.45) is 0 Å². The van der Waals surface area contributed by atoms with Crippen LogP contribution >= 0.6 is 0 Å². The Kier molecular flexibility index (Phi) is 7.25. The molecule has 0 spiro atoms. The van der Waals surface area contributed by atoms with Crippen LogP contribution in [0.5, 0.6) is 0 Å². The molecule has 2 aromatic rings. The lowest BCUT2D eigenvalue weighted by Gasteiger charge is -2.36. The van der Waals surface area contributed by atoms with Gasteiger partial charge in [-0.05, 0) is 36.0 Å². The van der Waals surface area contributed by atoms with Crippen molar-refractivity contribution in [1.29, 1.82) is 0 Å². The van der Waals surface area contributed by atoms with Gasteiger partial charge in [-0.1, -0.05) is 54.6 Å². The van der Waals surface area contributed by atoms with Gasteiger partial charge in [-0.15, -0.1) is 0 Å². The number of nitrogens with one attached hydrogen (secondary N) is 1. The molecule has 154 valence electrons. The summed E-state index contributed by atoms with van der Waals surface area (Å²) in [4.78, 5) is 26.7. The quantitative estimate of drug-likeness (QED) is 0.756. The first-order valence-electron chi connectivity index (χ1n) is 10.1. The lowest BCUT2D eigenvalue weighted by Crippen LogP contribution is -2.50. The minimum absolute atomic E-state index is 0.0915. The summed E-state index contributed by atoms with van der Waals surface area (Å²) in [6.45, 7) is 2.57. The van der Waals surface area contributed by atoms with Gasteiger partial charge < -0.3 is 15.3 Å². The molecule has 1 heterocycles. The fourth-order valence-corrected chi connectivity index (χ4v) is 3.82. The number of nitrogens with zero attached hydrogens (tertiary/aromatic N) is 2. The van der Waals surface area contributed by atoms with E-state index in [2.05, 4.69) is 46.6 Å². The molecule has 2 amide bonds. The summed E-state index contributed by atoms with van der Waals surface area (Å²) in [5.41, 5.74) is 3.75. The smallest absolute Gasteiger partial charge is 0.408 e. The Morgan fingerprint density at radius 2 is 1.66 bits per heavy atom.